The molecule has 1 saturated carbocycles. The zero-order valence-corrected chi connectivity index (χ0v) is 29.1. The van der Waals surface area contributed by atoms with E-state index in [0.717, 1.165) is 30.5 Å². The molecule has 44 heavy (non-hydrogen) atoms. The van der Waals surface area contributed by atoms with Crippen LogP contribution in [0.25, 0.3) is 0 Å². The Labute approximate surface area is 273 Å². The number of hydrogen-bond donors (Lipinski definition) is 2. The molecule has 0 aliphatic heterocycles. The number of carbonyl (C=O) groups is 2. The second-order valence-electron chi connectivity index (χ2n) is 12.7. The van der Waals surface area contributed by atoms with Gasteiger partial charge >= 0.3 is 5.97 Å². The predicted molar refractivity (Wildman–Crippen MR) is 183 cm³/mol. The molecule has 0 radical (unpaired) electrons. The van der Waals surface area contributed by atoms with Gasteiger partial charge in [-0.25, -0.2) is 4.79 Å². The van der Waals surface area contributed by atoms with Gasteiger partial charge in [-0.3, -0.25) is 14.6 Å². The highest BCUT2D eigenvalue weighted by Crippen LogP contribution is 2.30. The first-order valence-electron chi connectivity index (χ1n) is 16.6. The quantitative estimate of drug-likeness (QED) is 0.138. The molecule has 1 fully saturated rings. The molecule has 3 rings (SSSR count). The second kappa shape index (κ2) is 18.0. The zero-order chi connectivity index (χ0) is 32.2. The number of rotatable bonds is 17. The number of halogens is 1. The van der Waals surface area contributed by atoms with Crippen LogP contribution < -0.4 is 5.73 Å². The van der Waals surface area contributed by atoms with Gasteiger partial charge in [0.15, 0.2) is 5.78 Å². The van der Waals surface area contributed by atoms with Gasteiger partial charge in [-0.1, -0.05) is 78.1 Å². The summed E-state index contributed by atoms with van der Waals surface area (Å²) in [6.45, 7) is 12.9. The van der Waals surface area contributed by atoms with E-state index in [2.05, 4.69) is 53.7 Å². The standard InChI is InChI=1S/C36H54BrN3O4/c1-6-17-40(33(24-41)35(42)26(5)28-15-13-27(14-16-28)20-25(3)4)18-19-44-36(43)29-21-30(34(38)32(37)22-29)23-39(7-2)31-11-9-8-10-12-31/h13-16,21-22,25-26,31,33,41H,6-12,17-20,23-24,38H2,1-5H3. The molecule has 1 aliphatic rings. The summed E-state index contributed by atoms with van der Waals surface area (Å²) >= 11 is 3.55. The fraction of sp³-hybridized carbons (Fsp3) is 0.611. The number of aliphatic hydroxyl groups is 1. The summed E-state index contributed by atoms with van der Waals surface area (Å²) in [5, 5.41) is 10.3. The minimum atomic E-state index is -0.670. The van der Waals surface area contributed by atoms with Crippen molar-refractivity contribution in [1.29, 1.82) is 0 Å². The maximum absolute atomic E-state index is 13.6. The van der Waals surface area contributed by atoms with E-state index in [9.17, 15) is 14.7 Å². The van der Waals surface area contributed by atoms with Crippen LogP contribution in [-0.4, -0.2) is 71.6 Å². The lowest BCUT2D eigenvalue weighted by atomic mass is 9.90. The van der Waals surface area contributed by atoms with Crippen LogP contribution in [0.4, 0.5) is 5.69 Å². The van der Waals surface area contributed by atoms with Crippen LogP contribution in [0, 0.1) is 5.92 Å². The molecular formula is C36H54BrN3O4. The summed E-state index contributed by atoms with van der Waals surface area (Å²) in [6, 6.07) is 11.7. The summed E-state index contributed by atoms with van der Waals surface area (Å²) in [7, 11) is 0. The maximum atomic E-state index is 13.6. The number of ether oxygens (including phenoxy) is 1. The summed E-state index contributed by atoms with van der Waals surface area (Å²) < 4.78 is 6.40. The van der Waals surface area contributed by atoms with Crippen molar-refractivity contribution in [1.82, 2.24) is 9.80 Å². The van der Waals surface area contributed by atoms with Crippen molar-refractivity contribution in [3.63, 3.8) is 0 Å². The molecule has 0 saturated heterocycles. The Bertz CT molecular complexity index is 1200. The predicted octanol–water partition coefficient (Wildman–Crippen LogP) is 6.99. The molecule has 0 aromatic heterocycles. The van der Waals surface area contributed by atoms with Gasteiger partial charge < -0.3 is 15.6 Å². The van der Waals surface area contributed by atoms with E-state index in [1.165, 1.54) is 37.7 Å². The van der Waals surface area contributed by atoms with Gasteiger partial charge in [0.25, 0.3) is 0 Å². The lowest BCUT2D eigenvalue weighted by Gasteiger charge is -2.34. The third-order valence-corrected chi connectivity index (χ3v) is 9.59. The normalized spacial score (nSPS) is 15.6. The van der Waals surface area contributed by atoms with Gasteiger partial charge in [-0.15, -0.1) is 0 Å². The zero-order valence-electron chi connectivity index (χ0n) is 27.5. The molecule has 2 aromatic carbocycles. The van der Waals surface area contributed by atoms with Crippen molar-refractivity contribution in [3.05, 3.63) is 63.1 Å². The van der Waals surface area contributed by atoms with Gasteiger partial charge in [0.2, 0.25) is 0 Å². The Balaban J connectivity index is 1.64. The lowest BCUT2D eigenvalue weighted by molar-refractivity contribution is -0.127. The van der Waals surface area contributed by atoms with Crippen LogP contribution in [0.3, 0.4) is 0 Å². The highest BCUT2D eigenvalue weighted by atomic mass is 79.9. The van der Waals surface area contributed by atoms with Crippen LogP contribution in [-0.2, 0) is 22.5 Å². The Kier molecular flexibility index (Phi) is 14.8. The minimum Gasteiger partial charge on any atom is -0.461 e. The van der Waals surface area contributed by atoms with E-state index in [1.807, 2.05) is 36.9 Å². The van der Waals surface area contributed by atoms with E-state index >= 15 is 0 Å². The Morgan fingerprint density at radius 1 is 1.05 bits per heavy atom. The molecule has 3 N–H and O–H groups in total. The average molecular weight is 673 g/mol. The van der Waals surface area contributed by atoms with E-state index in [-0.39, 0.29) is 24.9 Å². The van der Waals surface area contributed by atoms with Crippen molar-refractivity contribution in [2.45, 2.75) is 104 Å². The fourth-order valence-corrected chi connectivity index (χ4v) is 6.89. The number of carbonyl (C=O) groups excluding carboxylic acids is 2. The summed E-state index contributed by atoms with van der Waals surface area (Å²) in [5.74, 6) is -0.249. The Morgan fingerprint density at radius 3 is 2.32 bits per heavy atom. The number of nitrogens with zero attached hydrogens (tertiary/aromatic N) is 2. The first-order valence-corrected chi connectivity index (χ1v) is 17.3. The molecular weight excluding hydrogens is 618 g/mol. The number of benzene rings is 2. The van der Waals surface area contributed by atoms with Gasteiger partial charge in [0.1, 0.15) is 6.61 Å². The number of esters is 1. The largest absolute Gasteiger partial charge is 0.461 e. The van der Waals surface area contributed by atoms with E-state index in [0.29, 0.717) is 47.3 Å². The molecule has 244 valence electrons. The van der Waals surface area contributed by atoms with Crippen LogP contribution in [0.5, 0.6) is 0 Å². The highest BCUT2D eigenvalue weighted by molar-refractivity contribution is 9.10. The van der Waals surface area contributed by atoms with Crippen LogP contribution >= 0.6 is 15.9 Å². The van der Waals surface area contributed by atoms with Gasteiger partial charge in [-0.2, -0.15) is 0 Å². The first kappa shape index (κ1) is 36.2. The summed E-state index contributed by atoms with van der Waals surface area (Å²) in [4.78, 5) is 31.2. The van der Waals surface area contributed by atoms with Crippen molar-refractivity contribution in [3.8, 4) is 0 Å². The van der Waals surface area contributed by atoms with Gasteiger partial charge in [0.05, 0.1) is 23.9 Å². The van der Waals surface area contributed by atoms with Gasteiger partial charge in [0, 0.05) is 29.5 Å². The Hall–Kier alpha value is -2.26. The van der Waals surface area contributed by atoms with Crippen molar-refractivity contribution >= 4 is 33.4 Å². The molecule has 1 aliphatic carbocycles. The van der Waals surface area contributed by atoms with Crippen LogP contribution in [0.15, 0.2) is 40.9 Å². The molecule has 2 atom stereocenters. The number of hydrogen-bond acceptors (Lipinski definition) is 7. The monoisotopic (exact) mass is 671 g/mol. The summed E-state index contributed by atoms with van der Waals surface area (Å²) in [5.41, 5.74) is 10.7. The molecule has 2 aromatic rings. The molecule has 0 spiro atoms. The molecule has 0 bridgehead atoms. The molecule has 0 amide bonds. The minimum absolute atomic E-state index is 0.0329. The Morgan fingerprint density at radius 2 is 1.73 bits per heavy atom. The smallest absolute Gasteiger partial charge is 0.338 e. The molecule has 2 unspecified atom stereocenters. The van der Waals surface area contributed by atoms with Crippen LogP contribution in [0.2, 0.25) is 0 Å². The number of nitrogens with two attached hydrogens (primary N) is 1. The van der Waals surface area contributed by atoms with Crippen molar-refractivity contribution in [2.75, 3.05) is 38.6 Å². The topological polar surface area (TPSA) is 96.1 Å². The molecule has 8 heteroatoms. The number of ketones is 1. The number of aliphatic hydroxyl groups excluding tert-OH is 1. The number of Topliss-reactive ketones (excluding diaryl/α,β-unsaturated/α-hetero) is 1. The van der Waals surface area contributed by atoms with E-state index < -0.39 is 12.0 Å². The first-order chi connectivity index (χ1) is 21.1. The van der Waals surface area contributed by atoms with E-state index in [4.69, 9.17) is 10.5 Å². The van der Waals surface area contributed by atoms with Crippen molar-refractivity contribution in [2.24, 2.45) is 5.92 Å². The van der Waals surface area contributed by atoms with Crippen LogP contribution in [0.1, 0.15) is 106 Å². The fourth-order valence-electron chi connectivity index (χ4n) is 6.39. The maximum Gasteiger partial charge on any atom is 0.338 e. The average Bonchev–Trinajstić information content (AvgIpc) is 3.02. The third kappa shape index (κ3) is 10.1. The summed E-state index contributed by atoms with van der Waals surface area (Å²) in [6.07, 6.45) is 8.02. The SMILES string of the molecule is CCCN(CCOC(=O)c1cc(Br)c(N)c(CN(CC)C2CCCCC2)c1)C(CO)C(=O)C(C)c1ccc(CC(C)C)cc1. The van der Waals surface area contributed by atoms with E-state index in [1.54, 1.807) is 6.07 Å². The highest BCUT2D eigenvalue weighted by Gasteiger charge is 2.30. The second-order valence-corrected chi connectivity index (χ2v) is 13.6. The number of anilines is 1. The van der Waals surface area contributed by atoms with Crippen molar-refractivity contribution < 1.29 is 19.4 Å². The molecule has 0 heterocycles. The number of nitrogen functional groups attached to an aromatic ring is 1. The molecule has 7 nitrogen and oxygen atoms in total. The lowest BCUT2D eigenvalue weighted by Crippen LogP contribution is -2.47. The third-order valence-electron chi connectivity index (χ3n) is 8.94. The van der Waals surface area contributed by atoms with Gasteiger partial charge in [-0.05, 0) is 89.4 Å².